The number of hydrogen-bond donors (Lipinski definition) is 2. The lowest BCUT2D eigenvalue weighted by atomic mass is 9.78. The van der Waals surface area contributed by atoms with Gasteiger partial charge in [-0.05, 0) is 60.0 Å². The van der Waals surface area contributed by atoms with E-state index in [1.165, 1.54) is 21.7 Å². The van der Waals surface area contributed by atoms with Crippen molar-refractivity contribution in [1.29, 1.82) is 0 Å². The fourth-order valence-corrected chi connectivity index (χ4v) is 4.97. The zero-order chi connectivity index (χ0) is 17.6. The molecule has 3 nitrogen and oxygen atoms in total. The van der Waals surface area contributed by atoms with Gasteiger partial charge in [-0.15, -0.1) is 11.3 Å². The third-order valence-corrected chi connectivity index (χ3v) is 6.44. The lowest BCUT2D eigenvalue weighted by Crippen LogP contribution is -2.29. The van der Waals surface area contributed by atoms with E-state index in [0.29, 0.717) is 17.9 Å². The Kier molecular flexibility index (Phi) is 4.16. The smallest absolute Gasteiger partial charge is 0.226 e. The molecule has 1 aromatic carbocycles. The van der Waals surface area contributed by atoms with Gasteiger partial charge in [0.05, 0.1) is 6.04 Å². The molecule has 2 aliphatic rings. The normalized spacial score (nSPS) is 23.9. The van der Waals surface area contributed by atoms with Crippen LogP contribution in [-0.4, -0.2) is 5.91 Å². The van der Waals surface area contributed by atoms with Crippen LogP contribution in [0.3, 0.4) is 0 Å². The van der Waals surface area contributed by atoms with Crippen LogP contribution in [0.2, 0.25) is 0 Å². The lowest BCUT2D eigenvalue weighted by molar-refractivity contribution is -0.118. The number of rotatable bonds is 3. The van der Waals surface area contributed by atoms with Crippen LogP contribution in [0.25, 0.3) is 0 Å². The second-order valence-electron chi connectivity index (χ2n) is 7.39. The Hall–Kier alpha value is -2.07. The molecule has 0 fully saturated rings. The van der Waals surface area contributed by atoms with Crippen LogP contribution < -0.4 is 10.6 Å². The second-order valence-corrected chi connectivity index (χ2v) is 8.34. The fourth-order valence-electron chi connectivity index (χ4n) is 3.92. The first-order valence-corrected chi connectivity index (χ1v) is 9.84. The van der Waals surface area contributed by atoms with E-state index in [1.54, 1.807) is 0 Å². The van der Waals surface area contributed by atoms with Gasteiger partial charge in [0.25, 0.3) is 0 Å². The van der Waals surface area contributed by atoms with E-state index >= 15 is 0 Å². The largest absolute Gasteiger partial charge is 0.377 e. The molecule has 0 radical (unpaired) electrons. The van der Waals surface area contributed by atoms with Crippen molar-refractivity contribution in [3.8, 4) is 0 Å². The third kappa shape index (κ3) is 2.89. The maximum Gasteiger partial charge on any atom is 0.226 e. The number of amides is 1. The first-order valence-electron chi connectivity index (χ1n) is 8.96. The SMILES string of the molecule is Cc1ccsc1C1Nc2ccc(NC(=O)C(C)C)cc2C2C=CCC21. The average Bonchev–Trinajstić information content (AvgIpc) is 3.23. The predicted molar refractivity (Wildman–Crippen MR) is 105 cm³/mol. The van der Waals surface area contributed by atoms with Crippen LogP contribution in [-0.2, 0) is 4.79 Å². The molecule has 130 valence electrons. The molecule has 4 heteroatoms. The highest BCUT2D eigenvalue weighted by Crippen LogP contribution is 2.51. The molecule has 0 bridgehead atoms. The monoisotopic (exact) mass is 352 g/mol. The molecule has 0 saturated heterocycles. The summed E-state index contributed by atoms with van der Waals surface area (Å²) in [5.41, 5.74) is 4.75. The van der Waals surface area contributed by atoms with Crippen LogP contribution in [0.15, 0.2) is 41.8 Å². The highest BCUT2D eigenvalue weighted by Gasteiger charge is 2.38. The number of thiophene rings is 1. The number of hydrogen-bond acceptors (Lipinski definition) is 3. The Bertz CT molecular complexity index is 836. The Labute approximate surface area is 153 Å². The zero-order valence-electron chi connectivity index (χ0n) is 14.9. The van der Waals surface area contributed by atoms with Crippen molar-refractivity contribution in [3.63, 3.8) is 0 Å². The molecule has 1 aliphatic carbocycles. The molecular formula is C21H24N2OS. The maximum absolute atomic E-state index is 12.0. The Balaban J connectivity index is 1.68. The van der Waals surface area contributed by atoms with Crippen molar-refractivity contribution in [2.45, 2.75) is 39.2 Å². The van der Waals surface area contributed by atoms with E-state index in [-0.39, 0.29) is 11.8 Å². The number of carbonyl (C=O) groups is 1. The molecule has 4 rings (SSSR count). The second kappa shape index (κ2) is 6.34. The average molecular weight is 353 g/mol. The maximum atomic E-state index is 12.0. The summed E-state index contributed by atoms with van der Waals surface area (Å²) in [6.45, 7) is 6.03. The molecular weight excluding hydrogens is 328 g/mol. The number of anilines is 2. The Morgan fingerprint density at radius 2 is 2.16 bits per heavy atom. The lowest BCUT2D eigenvalue weighted by Gasteiger charge is -2.37. The minimum atomic E-state index is -0.0144. The van der Waals surface area contributed by atoms with E-state index in [0.717, 1.165) is 12.1 Å². The van der Waals surface area contributed by atoms with Crippen molar-refractivity contribution < 1.29 is 4.79 Å². The van der Waals surface area contributed by atoms with Crippen LogP contribution in [0.4, 0.5) is 11.4 Å². The number of benzene rings is 1. The molecule has 2 heterocycles. The molecule has 0 saturated carbocycles. The van der Waals surface area contributed by atoms with Gasteiger partial charge in [0.15, 0.2) is 0 Å². The van der Waals surface area contributed by atoms with Crippen molar-refractivity contribution in [1.82, 2.24) is 0 Å². The van der Waals surface area contributed by atoms with Gasteiger partial charge in [-0.25, -0.2) is 0 Å². The van der Waals surface area contributed by atoms with Gasteiger partial charge in [-0.1, -0.05) is 26.0 Å². The highest BCUT2D eigenvalue weighted by molar-refractivity contribution is 7.10. The Morgan fingerprint density at radius 3 is 2.88 bits per heavy atom. The van der Waals surface area contributed by atoms with E-state index in [9.17, 15) is 4.79 Å². The van der Waals surface area contributed by atoms with E-state index < -0.39 is 0 Å². The van der Waals surface area contributed by atoms with E-state index in [2.05, 4.69) is 53.3 Å². The standard InChI is InChI=1S/C21H24N2OS/c1-12(2)21(24)22-14-7-8-18-17(11-14)15-5-4-6-16(15)19(23-18)20-13(3)9-10-25-20/h4-5,7-12,15-16,19,23H,6H2,1-3H3,(H,22,24). The molecule has 1 aromatic heterocycles. The van der Waals surface area contributed by atoms with Crippen molar-refractivity contribution in [3.05, 3.63) is 57.8 Å². The summed E-state index contributed by atoms with van der Waals surface area (Å²) in [5.74, 6) is 1.01. The molecule has 3 atom stereocenters. The van der Waals surface area contributed by atoms with E-state index in [1.807, 2.05) is 31.3 Å². The summed E-state index contributed by atoms with van der Waals surface area (Å²) >= 11 is 1.85. The number of aryl methyl sites for hydroxylation is 1. The molecule has 2 aromatic rings. The van der Waals surface area contributed by atoms with E-state index in [4.69, 9.17) is 0 Å². The van der Waals surface area contributed by atoms with Crippen molar-refractivity contribution in [2.24, 2.45) is 11.8 Å². The van der Waals surface area contributed by atoms with Gasteiger partial charge in [0.1, 0.15) is 0 Å². The predicted octanol–water partition coefficient (Wildman–Crippen LogP) is 5.48. The number of allylic oxidation sites excluding steroid dienone is 2. The van der Waals surface area contributed by atoms with Crippen LogP contribution >= 0.6 is 11.3 Å². The first-order chi connectivity index (χ1) is 12.0. The van der Waals surface area contributed by atoms with Crippen molar-refractivity contribution in [2.75, 3.05) is 10.6 Å². The highest BCUT2D eigenvalue weighted by atomic mass is 32.1. The van der Waals surface area contributed by atoms with Gasteiger partial charge in [-0.3, -0.25) is 4.79 Å². The van der Waals surface area contributed by atoms with Crippen LogP contribution in [0, 0.1) is 18.8 Å². The van der Waals surface area contributed by atoms with Gasteiger partial charge in [0, 0.05) is 28.1 Å². The molecule has 2 N–H and O–H groups in total. The van der Waals surface area contributed by atoms with Crippen LogP contribution in [0.5, 0.6) is 0 Å². The van der Waals surface area contributed by atoms with Gasteiger partial charge in [0.2, 0.25) is 5.91 Å². The quantitative estimate of drug-likeness (QED) is 0.718. The third-order valence-electron chi connectivity index (χ3n) is 5.34. The summed E-state index contributed by atoms with van der Waals surface area (Å²) in [5, 5.41) is 8.99. The molecule has 1 amide bonds. The number of nitrogens with one attached hydrogen (secondary N) is 2. The van der Waals surface area contributed by atoms with Crippen molar-refractivity contribution >= 4 is 28.6 Å². The fraction of sp³-hybridized carbons (Fsp3) is 0.381. The summed E-state index contributed by atoms with van der Waals surface area (Å²) in [4.78, 5) is 13.5. The topological polar surface area (TPSA) is 41.1 Å². The molecule has 25 heavy (non-hydrogen) atoms. The number of carbonyl (C=O) groups excluding carboxylic acids is 1. The molecule has 0 spiro atoms. The minimum Gasteiger partial charge on any atom is -0.377 e. The molecule has 1 aliphatic heterocycles. The summed E-state index contributed by atoms with van der Waals surface area (Å²) in [7, 11) is 0. The minimum absolute atomic E-state index is 0.0144. The van der Waals surface area contributed by atoms with Gasteiger partial charge in [-0.2, -0.15) is 0 Å². The Morgan fingerprint density at radius 1 is 1.32 bits per heavy atom. The summed E-state index contributed by atoms with van der Waals surface area (Å²) in [6, 6.07) is 8.84. The van der Waals surface area contributed by atoms with Gasteiger partial charge < -0.3 is 10.6 Å². The first kappa shape index (κ1) is 16.4. The summed E-state index contributed by atoms with van der Waals surface area (Å²) in [6.07, 6.45) is 5.75. The van der Waals surface area contributed by atoms with Gasteiger partial charge >= 0.3 is 0 Å². The zero-order valence-corrected chi connectivity index (χ0v) is 15.7. The molecule has 3 unspecified atom stereocenters. The summed E-state index contributed by atoms with van der Waals surface area (Å²) < 4.78 is 0. The number of fused-ring (bicyclic) bond motifs is 3. The van der Waals surface area contributed by atoms with Crippen LogP contribution in [0.1, 0.15) is 48.2 Å².